The van der Waals surface area contributed by atoms with E-state index in [1.165, 1.54) is 6.08 Å². The van der Waals surface area contributed by atoms with Gasteiger partial charge in [0, 0.05) is 10.2 Å². The Morgan fingerprint density at radius 2 is 2.10 bits per heavy atom. The van der Waals surface area contributed by atoms with Gasteiger partial charge in [-0.3, -0.25) is 0 Å². The molecule has 5 nitrogen and oxygen atoms in total. The highest BCUT2D eigenvalue weighted by Gasteiger charge is 2.31. The Hall–Kier alpha value is -2.08. The van der Waals surface area contributed by atoms with E-state index >= 15 is 0 Å². The lowest BCUT2D eigenvalue weighted by Crippen LogP contribution is -2.45. The van der Waals surface area contributed by atoms with Gasteiger partial charge < -0.3 is 15.4 Å². The average molecular weight is 351 g/mol. The molecule has 21 heavy (non-hydrogen) atoms. The summed E-state index contributed by atoms with van der Waals surface area (Å²) in [7, 11) is 0. The lowest BCUT2D eigenvalue weighted by molar-refractivity contribution is -0.138. The first-order valence-corrected chi connectivity index (χ1v) is 7.14. The molecule has 0 bridgehead atoms. The number of amides is 2. The maximum atomic E-state index is 12.2. The molecular formula is C15H15BrN2O3. The lowest BCUT2D eigenvalue weighted by Gasteiger charge is -2.28. The second-order valence-electron chi connectivity index (χ2n) is 4.51. The van der Waals surface area contributed by atoms with Crippen LogP contribution in [0.4, 0.5) is 4.79 Å². The zero-order valence-electron chi connectivity index (χ0n) is 11.5. The first kappa shape index (κ1) is 15.3. The molecule has 2 N–H and O–H groups in total. The van der Waals surface area contributed by atoms with Crippen molar-refractivity contribution in [1.29, 1.82) is 0 Å². The number of urea groups is 1. The summed E-state index contributed by atoms with van der Waals surface area (Å²) in [5, 5.41) is 5.33. The van der Waals surface area contributed by atoms with E-state index in [2.05, 4.69) is 33.1 Å². The van der Waals surface area contributed by atoms with Gasteiger partial charge in [0.15, 0.2) is 0 Å². The van der Waals surface area contributed by atoms with E-state index in [1.807, 2.05) is 24.3 Å². The molecule has 2 rings (SSSR count). The van der Waals surface area contributed by atoms with Gasteiger partial charge in [0.2, 0.25) is 0 Å². The predicted molar refractivity (Wildman–Crippen MR) is 82.4 cm³/mol. The fourth-order valence-electron chi connectivity index (χ4n) is 2.08. The molecule has 2 amide bonds. The fourth-order valence-corrected chi connectivity index (χ4v) is 2.35. The summed E-state index contributed by atoms with van der Waals surface area (Å²) in [5.74, 6) is -0.479. The highest BCUT2D eigenvalue weighted by atomic mass is 79.9. The number of carbonyl (C=O) groups is 2. The van der Waals surface area contributed by atoms with Crippen molar-refractivity contribution in [2.45, 2.75) is 13.0 Å². The molecule has 1 aliphatic rings. The third-order valence-electron chi connectivity index (χ3n) is 3.02. The largest absolute Gasteiger partial charge is 0.458 e. The number of ether oxygens (including phenoxy) is 1. The molecule has 0 aromatic heterocycles. The zero-order valence-corrected chi connectivity index (χ0v) is 13.1. The minimum atomic E-state index is -0.538. The molecule has 0 radical (unpaired) electrons. The molecule has 0 aliphatic carbocycles. The number of nitrogens with one attached hydrogen (secondary N) is 2. The molecule has 1 atom stereocenters. The van der Waals surface area contributed by atoms with Crippen LogP contribution in [0, 0.1) is 0 Å². The summed E-state index contributed by atoms with van der Waals surface area (Å²) in [6.45, 7) is 5.31. The Labute approximate surface area is 131 Å². The van der Waals surface area contributed by atoms with Crippen LogP contribution in [0.5, 0.6) is 0 Å². The number of halogens is 1. The van der Waals surface area contributed by atoms with Gasteiger partial charge in [-0.25, -0.2) is 9.59 Å². The van der Waals surface area contributed by atoms with Crippen LogP contribution in [0.15, 0.2) is 52.7 Å². The minimum Gasteiger partial charge on any atom is -0.458 e. The van der Waals surface area contributed by atoms with Crippen molar-refractivity contribution in [2.24, 2.45) is 0 Å². The van der Waals surface area contributed by atoms with Gasteiger partial charge >= 0.3 is 12.0 Å². The molecule has 0 spiro atoms. The number of hydrogen-bond acceptors (Lipinski definition) is 3. The molecule has 0 fully saturated rings. The van der Waals surface area contributed by atoms with Crippen molar-refractivity contribution in [1.82, 2.24) is 10.6 Å². The van der Waals surface area contributed by atoms with Crippen LogP contribution < -0.4 is 10.6 Å². The van der Waals surface area contributed by atoms with Gasteiger partial charge in [-0.15, -0.1) is 0 Å². The molecule has 1 aromatic rings. The van der Waals surface area contributed by atoms with Crippen molar-refractivity contribution in [3.05, 3.63) is 58.2 Å². The molecule has 110 valence electrons. The molecule has 1 aromatic carbocycles. The monoisotopic (exact) mass is 350 g/mol. The number of esters is 1. The Morgan fingerprint density at radius 1 is 1.43 bits per heavy atom. The molecule has 6 heteroatoms. The minimum absolute atomic E-state index is 0.122. The molecule has 0 saturated carbocycles. The summed E-state index contributed by atoms with van der Waals surface area (Å²) >= 11 is 3.36. The normalized spacial score (nSPS) is 17.8. The summed E-state index contributed by atoms with van der Waals surface area (Å²) in [6, 6.07) is 6.50. The maximum absolute atomic E-state index is 12.2. The number of allylic oxidation sites excluding steroid dienone is 1. The Balaban J connectivity index is 2.37. The van der Waals surface area contributed by atoms with Crippen molar-refractivity contribution in [3.8, 4) is 0 Å². The summed E-state index contributed by atoms with van der Waals surface area (Å²) in [5.41, 5.74) is 1.68. The van der Waals surface area contributed by atoms with Crippen LogP contribution in [0.25, 0.3) is 0 Å². The van der Waals surface area contributed by atoms with Crippen molar-refractivity contribution < 1.29 is 14.3 Å². The van der Waals surface area contributed by atoms with Gasteiger partial charge in [-0.05, 0) is 24.6 Å². The average Bonchev–Trinajstić information content (AvgIpc) is 2.44. The second-order valence-corrected chi connectivity index (χ2v) is 5.42. The number of rotatable bonds is 4. The van der Waals surface area contributed by atoms with E-state index in [0.717, 1.165) is 10.0 Å². The van der Waals surface area contributed by atoms with E-state index in [4.69, 9.17) is 4.74 Å². The van der Waals surface area contributed by atoms with Crippen molar-refractivity contribution in [2.75, 3.05) is 6.61 Å². The Bertz CT molecular complexity index is 608. The standard InChI is InChI=1S/C15H15BrN2O3/c1-3-8-21-14(19)12-9(2)17-15(20)18-13(12)10-4-6-11(16)7-5-10/h3-7,13H,1,8H2,2H3,(H2,17,18,20). The first-order valence-electron chi connectivity index (χ1n) is 6.34. The van der Waals surface area contributed by atoms with Gasteiger partial charge in [-0.1, -0.05) is 40.7 Å². The highest BCUT2D eigenvalue weighted by Crippen LogP contribution is 2.28. The molecule has 1 heterocycles. The summed E-state index contributed by atoms with van der Waals surface area (Å²) in [4.78, 5) is 23.9. The van der Waals surface area contributed by atoms with Crippen molar-refractivity contribution >= 4 is 27.9 Å². The third-order valence-corrected chi connectivity index (χ3v) is 3.55. The topological polar surface area (TPSA) is 67.4 Å². The van der Waals surface area contributed by atoms with E-state index in [0.29, 0.717) is 11.3 Å². The molecule has 1 aliphatic heterocycles. The van der Waals surface area contributed by atoms with E-state index in [9.17, 15) is 9.59 Å². The number of carbonyl (C=O) groups excluding carboxylic acids is 2. The van der Waals surface area contributed by atoms with Gasteiger partial charge in [0.1, 0.15) is 6.61 Å². The van der Waals surface area contributed by atoms with Gasteiger partial charge in [0.25, 0.3) is 0 Å². The summed E-state index contributed by atoms with van der Waals surface area (Å²) in [6.07, 6.45) is 1.50. The first-order chi connectivity index (χ1) is 10.0. The zero-order chi connectivity index (χ0) is 15.4. The summed E-state index contributed by atoms with van der Waals surface area (Å²) < 4.78 is 6.02. The maximum Gasteiger partial charge on any atom is 0.338 e. The SMILES string of the molecule is C=CCOC(=O)C1=C(C)NC(=O)NC1c1ccc(Br)cc1. The van der Waals surface area contributed by atoms with E-state index < -0.39 is 12.0 Å². The van der Waals surface area contributed by atoms with Crippen LogP contribution in [0.2, 0.25) is 0 Å². The van der Waals surface area contributed by atoms with Gasteiger partial charge in [-0.2, -0.15) is 0 Å². The van der Waals surface area contributed by atoms with Gasteiger partial charge in [0.05, 0.1) is 11.6 Å². The molecule has 1 unspecified atom stereocenters. The van der Waals surface area contributed by atoms with Crippen LogP contribution in [0.1, 0.15) is 18.5 Å². The van der Waals surface area contributed by atoms with Crippen LogP contribution in [-0.4, -0.2) is 18.6 Å². The fraction of sp³-hybridized carbons (Fsp3) is 0.200. The third kappa shape index (κ3) is 3.52. The number of benzene rings is 1. The quantitative estimate of drug-likeness (QED) is 0.648. The smallest absolute Gasteiger partial charge is 0.338 e. The molecule has 0 saturated heterocycles. The second kappa shape index (κ2) is 6.58. The lowest BCUT2D eigenvalue weighted by atomic mass is 9.96. The highest BCUT2D eigenvalue weighted by molar-refractivity contribution is 9.10. The van der Waals surface area contributed by atoms with Crippen LogP contribution in [-0.2, 0) is 9.53 Å². The van der Waals surface area contributed by atoms with Crippen molar-refractivity contribution in [3.63, 3.8) is 0 Å². The van der Waals surface area contributed by atoms with Crippen LogP contribution >= 0.6 is 15.9 Å². The van der Waals surface area contributed by atoms with E-state index in [-0.39, 0.29) is 12.6 Å². The van der Waals surface area contributed by atoms with E-state index in [1.54, 1.807) is 6.92 Å². The Kier molecular flexibility index (Phi) is 4.80. The molecular weight excluding hydrogens is 336 g/mol. The van der Waals surface area contributed by atoms with Crippen LogP contribution in [0.3, 0.4) is 0 Å². The Morgan fingerprint density at radius 3 is 2.71 bits per heavy atom. The predicted octanol–water partition coefficient (Wildman–Crippen LogP) is 2.81. The number of hydrogen-bond donors (Lipinski definition) is 2.